The fourth-order valence-corrected chi connectivity index (χ4v) is 6.55. The molecule has 4 atom stereocenters. The minimum absolute atomic E-state index is 0.00197. The van der Waals surface area contributed by atoms with E-state index in [9.17, 15) is 29.1 Å². The average molecular weight is 732 g/mol. The van der Waals surface area contributed by atoms with Gasteiger partial charge in [-0.15, -0.1) is 0 Å². The first-order valence-electron chi connectivity index (χ1n) is 17.9. The molecule has 1 spiro atoms. The Kier molecular flexibility index (Phi) is 12.5. The van der Waals surface area contributed by atoms with Crippen molar-refractivity contribution in [3.8, 4) is 0 Å². The van der Waals surface area contributed by atoms with Crippen LogP contribution in [0.4, 0.5) is 0 Å². The van der Waals surface area contributed by atoms with Crippen LogP contribution in [0.15, 0.2) is 66.3 Å². The molecule has 0 bridgehead atoms. The van der Waals surface area contributed by atoms with Crippen LogP contribution in [0.2, 0.25) is 0 Å². The Morgan fingerprint density at radius 2 is 1.74 bits per heavy atom. The molecule has 0 aromatic heterocycles. The van der Waals surface area contributed by atoms with Gasteiger partial charge < -0.3 is 39.6 Å². The number of hydrogen-bond donors (Lipinski definition) is 3. The first-order chi connectivity index (χ1) is 25.1. The number of fused-ring (bicyclic) bond motifs is 2. The maximum absolute atomic E-state index is 13.5. The SMILES string of the molecule is CN(C)C(=O)C=Cc1cccc(C(=O)O[C@@H]2CC(C(=O)NCCC(=O)N[C@H](CO)CCC(=O)OC(C)(C)C)=C[C@H]3OC4(Cc5ccccc5C4)O[C@H]32)c1. The van der Waals surface area contributed by atoms with Crippen molar-refractivity contribution in [2.45, 2.75) is 95.0 Å². The fourth-order valence-electron chi connectivity index (χ4n) is 6.55. The molecule has 3 aliphatic rings. The summed E-state index contributed by atoms with van der Waals surface area (Å²) < 4.78 is 24.4. The quantitative estimate of drug-likeness (QED) is 0.206. The maximum atomic E-state index is 13.5. The van der Waals surface area contributed by atoms with E-state index in [-0.39, 0.29) is 50.3 Å². The van der Waals surface area contributed by atoms with E-state index >= 15 is 0 Å². The number of esters is 2. The van der Waals surface area contributed by atoms with Crippen molar-refractivity contribution in [3.05, 3.63) is 88.5 Å². The van der Waals surface area contributed by atoms with Crippen molar-refractivity contribution in [3.63, 3.8) is 0 Å². The van der Waals surface area contributed by atoms with Crippen molar-refractivity contribution in [1.29, 1.82) is 0 Å². The molecule has 3 amide bonds. The standard InChI is InChI=1S/C40H49N3O10/c1-39(2,3)52-35(47)16-14-30(24-44)42-33(45)17-18-41-37(48)29-20-31(50-38(49)26-12-8-9-25(19-26)13-15-34(46)43(4)5)36-32(21-29)51-40(53-36)22-27-10-6-7-11-28(27)23-40/h6-13,15,19,21,30-32,36,44H,14,16-18,20,22-24H2,1-5H3,(H,41,48)(H,42,45)/t30-,31+,32+,36-/m0/s1. The fraction of sp³-hybridized carbons (Fsp3) is 0.475. The number of nitrogens with one attached hydrogen (secondary N) is 2. The summed E-state index contributed by atoms with van der Waals surface area (Å²) in [5, 5.41) is 15.2. The van der Waals surface area contributed by atoms with Gasteiger partial charge in [0.15, 0.2) is 5.79 Å². The highest BCUT2D eigenvalue weighted by atomic mass is 16.8. The average Bonchev–Trinajstić information content (AvgIpc) is 3.66. The third-order valence-corrected chi connectivity index (χ3v) is 9.09. The molecule has 2 aromatic carbocycles. The number of nitrogens with zero attached hydrogens (tertiary/aromatic N) is 1. The van der Waals surface area contributed by atoms with E-state index in [1.165, 1.54) is 11.0 Å². The Bertz CT molecular complexity index is 1740. The first kappa shape index (κ1) is 39.4. The zero-order valence-electron chi connectivity index (χ0n) is 30.9. The highest BCUT2D eigenvalue weighted by Gasteiger charge is 2.55. The maximum Gasteiger partial charge on any atom is 0.338 e. The normalized spacial score (nSPS) is 20.6. The van der Waals surface area contributed by atoms with Gasteiger partial charge in [-0.25, -0.2) is 4.79 Å². The molecule has 1 aliphatic heterocycles. The Balaban J connectivity index is 1.23. The molecule has 1 saturated heterocycles. The van der Waals surface area contributed by atoms with E-state index < -0.39 is 59.5 Å². The van der Waals surface area contributed by atoms with Crippen LogP contribution >= 0.6 is 0 Å². The summed E-state index contributed by atoms with van der Waals surface area (Å²) in [5.41, 5.74) is 2.79. The van der Waals surface area contributed by atoms with Gasteiger partial charge in [0, 0.05) is 64.4 Å². The summed E-state index contributed by atoms with van der Waals surface area (Å²) in [4.78, 5) is 65.2. The monoisotopic (exact) mass is 731 g/mol. The van der Waals surface area contributed by atoms with Gasteiger partial charge >= 0.3 is 11.9 Å². The predicted octanol–water partition coefficient (Wildman–Crippen LogP) is 3.03. The van der Waals surface area contributed by atoms with Crippen LogP contribution in [0.3, 0.4) is 0 Å². The minimum atomic E-state index is -0.972. The Morgan fingerprint density at radius 3 is 2.40 bits per heavy atom. The minimum Gasteiger partial charge on any atom is -0.460 e. The topological polar surface area (TPSA) is 170 Å². The lowest BCUT2D eigenvalue weighted by molar-refractivity contribution is -0.172. The zero-order valence-corrected chi connectivity index (χ0v) is 30.9. The molecule has 0 radical (unpaired) electrons. The zero-order chi connectivity index (χ0) is 38.3. The molecule has 1 fully saturated rings. The summed E-state index contributed by atoms with van der Waals surface area (Å²) in [7, 11) is 3.29. The summed E-state index contributed by atoms with van der Waals surface area (Å²) in [6, 6.07) is 14.0. The van der Waals surface area contributed by atoms with E-state index in [4.69, 9.17) is 18.9 Å². The molecule has 53 heavy (non-hydrogen) atoms. The molecule has 1 heterocycles. The molecule has 13 heteroatoms. The molecule has 0 unspecified atom stereocenters. The largest absolute Gasteiger partial charge is 0.460 e. The van der Waals surface area contributed by atoms with Crippen LogP contribution < -0.4 is 10.6 Å². The van der Waals surface area contributed by atoms with Gasteiger partial charge in [-0.2, -0.15) is 0 Å². The number of ether oxygens (including phenoxy) is 4. The molecule has 284 valence electrons. The van der Waals surface area contributed by atoms with E-state index in [0.29, 0.717) is 24.0 Å². The first-order valence-corrected chi connectivity index (χ1v) is 17.9. The van der Waals surface area contributed by atoms with E-state index in [1.807, 2.05) is 24.3 Å². The van der Waals surface area contributed by atoms with E-state index in [1.54, 1.807) is 71.3 Å². The number of likely N-dealkylation sites (N-methyl/N-ethyl adjacent to an activating group) is 1. The molecular weight excluding hydrogens is 682 g/mol. The van der Waals surface area contributed by atoms with Crippen molar-refractivity contribution in [2.24, 2.45) is 0 Å². The Morgan fingerprint density at radius 1 is 1.02 bits per heavy atom. The third kappa shape index (κ3) is 10.6. The van der Waals surface area contributed by atoms with Crippen molar-refractivity contribution in [2.75, 3.05) is 27.2 Å². The lowest BCUT2D eigenvalue weighted by atomic mass is 9.91. The number of hydrogen-bond acceptors (Lipinski definition) is 10. The highest BCUT2D eigenvalue weighted by molar-refractivity contribution is 5.95. The van der Waals surface area contributed by atoms with E-state index in [2.05, 4.69) is 10.6 Å². The van der Waals surface area contributed by atoms with Crippen LogP contribution in [-0.4, -0.2) is 103 Å². The molecule has 13 nitrogen and oxygen atoms in total. The van der Waals surface area contributed by atoms with Gasteiger partial charge in [0.25, 0.3) is 0 Å². The molecular formula is C40H49N3O10. The number of aliphatic hydroxyl groups excluding tert-OH is 1. The summed E-state index contributed by atoms with van der Waals surface area (Å²) in [5.74, 6) is -3.07. The third-order valence-electron chi connectivity index (χ3n) is 9.09. The molecule has 2 aliphatic carbocycles. The van der Waals surface area contributed by atoms with Gasteiger partial charge in [-0.3, -0.25) is 19.2 Å². The highest BCUT2D eigenvalue weighted by Crippen LogP contribution is 2.45. The Labute approximate surface area is 309 Å². The molecule has 2 aromatic rings. The number of aliphatic hydroxyl groups is 1. The number of carbonyl (C=O) groups excluding carboxylic acids is 5. The van der Waals surface area contributed by atoms with Crippen molar-refractivity contribution in [1.82, 2.24) is 15.5 Å². The Hall–Kier alpha value is -4.85. The van der Waals surface area contributed by atoms with Crippen LogP contribution in [0.5, 0.6) is 0 Å². The summed E-state index contributed by atoms with van der Waals surface area (Å²) in [6.45, 7) is 4.92. The van der Waals surface area contributed by atoms with Gasteiger partial charge in [0.1, 0.15) is 23.9 Å². The van der Waals surface area contributed by atoms with Crippen LogP contribution in [0.1, 0.15) is 73.5 Å². The van der Waals surface area contributed by atoms with Gasteiger partial charge in [-0.05, 0) is 68.2 Å². The van der Waals surface area contributed by atoms with Gasteiger partial charge in [-0.1, -0.05) is 36.4 Å². The number of rotatable bonds is 13. The summed E-state index contributed by atoms with van der Waals surface area (Å²) >= 11 is 0. The van der Waals surface area contributed by atoms with Crippen LogP contribution in [0.25, 0.3) is 6.08 Å². The molecule has 5 rings (SSSR count). The van der Waals surface area contributed by atoms with Crippen LogP contribution in [0, 0.1) is 0 Å². The second-order valence-corrected chi connectivity index (χ2v) is 14.8. The van der Waals surface area contributed by atoms with Gasteiger partial charge in [0.2, 0.25) is 17.7 Å². The molecule has 3 N–H and O–H groups in total. The van der Waals surface area contributed by atoms with E-state index in [0.717, 1.165) is 11.1 Å². The molecule has 0 saturated carbocycles. The smallest absolute Gasteiger partial charge is 0.338 e. The lowest BCUT2D eigenvalue weighted by Crippen LogP contribution is -2.44. The van der Waals surface area contributed by atoms with Crippen LogP contribution in [-0.2, 0) is 51.0 Å². The van der Waals surface area contributed by atoms with Crippen molar-refractivity contribution < 1.29 is 48.0 Å². The summed E-state index contributed by atoms with van der Waals surface area (Å²) in [6.07, 6.45) is 3.73. The van der Waals surface area contributed by atoms with Crippen molar-refractivity contribution >= 4 is 35.7 Å². The second kappa shape index (κ2) is 16.9. The lowest BCUT2D eigenvalue weighted by Gasteiger charge is -2.30. The van der Waals surface area contributed by atoms with Gasteiger partial charge in [0.05, 0.1) is 18.2 Å². The number of amides is 3. The second-order valence-electron chi connectivity index (χ2n) is 14.8. The number of benzene rings is 2. The predicted molar refractivity (Wildman–Crippen MR) is 194 cm³/mol. The number of carbonyl (C=O) groups is 5.